The maximum atomic E-state index is 13.1. The van der Waals surface area contributed by atoms with Crippen molar-refractivity contribution < 1.29 is 43.8 Å². The number of Topliss-reactive ketones (excluding diaryl/α,β-unsaturated/α-hetero) is 1. The topological polar surface area (TPSA) is 127 Å². The van der Waals surface area contributed by atoms with Crippen molar-refractivity contribution in [2.24, 2.45) is 5.92 Å². The van der Waals surface area contributed by atoms with E-state index in [9.17, 15) is 20.1 Å². The van der Waals surface area contributed by atoms with Gasteiger partial charge >= 0.3 is 0 Å². The first-order valence-corrected chi connectivity index (χ1v) is 11.1. The second-order valence-electron chi connectivity index (χ2n) is 9.98. The molecule has 0 aromatic heterocycles. The number of rotatable bonds is 1. The molecule has 9 nitrogen and oxygen atoms in total. The summed E-state index contributed by atoms with van der Waals surface area (Å²) in [6.45, 7) is 5.52. The Kier molecular flexibility index (Phi) is 3.40. The minimum absolute atomic E-state index is 0.0220. The summed E-state index contributed by atoms with van der Waals surface area (Å²) in [6.07, 6.45) is -2.19. The molecule has 2 aromatic carbocycles. The zero-order valence-corrected chi connectivity index (χ0v) is 18.6. The Balaban J connectivity index is 1.58. The standard InChI is InChI=1S/C24H24O9/c1-8-5-10-13(17(27)15-14(18(10)29-4)11(25)6-9(2)16(15)26)19-12(8)20-21-24(28,32-19)23(7-30-23)22(3,31-20)33-21/h5,9,11,20-21,25,27-28H,6-7H2,1-4H3/t9-,11-,20+,21?,22?,23?,24?/m0/s1. The second kappa shape index (κ2) is 5.61. The highest BCUT2D eigenvalue weighted by Gasteiger charge is 2.89. The van der Waals surface area contributed by atoms with Crippen LogP contribution >= 0.6 is 0 Å². The number of benzene rings is 2. The molecule has 4 unspecified atom stereocenters. The number of ketones is 1. The summed E-state index contributed by atoms with van der Waals surface area (Å²) in [7, 11) is 1.46. The number of phenols is 1. The Hall–Kier alpha value is -2.43. The van der Waals surface area contributed by atoms with E-state index in [1.165, 1.54) is 7.11 Å². The fourth-order valence-corrected chi connectivity index (χ4v) is 6.49. The molecule has 4 aliphatic heterocycles. The van der Waals surface area contributed by atoms with Gasteiger partial charge in [-0.3, -0.25) is 4.79 Å². The molecule has 4 heterocycles. The average molecular weight is 456 g/mol. The van der Waals surface area contributed by atoms with Crippen LogP contribution in [0.3, 0.4) is 0 Å². The Morgan fingerprint density at radius 2 is 1.97 bits per heavy atom. The van der Waals surface area contributed by atoms with Gasteiger partial charge in [0.15, 0.2) is 11.9 Å². The van der Waals surface area contributed by atoms with Crippen molar-refractivity contribution in [3.05, 3.63) is 28.3 Å². The van der Waals surface area contributed by atoms with Gasteiger partial charge in [-0.05, 0) is 31.9 Å². The summed E-state index contributed by atoms with van der Waals surface area (Å²) < 4.78 is 29.9. The normalized spacial score (nSPS) is 41.8. The zero-order chi connectivity index (χ0) is 23.2. The van der Waals surface area contributed by atoms with Crippen molar-refractivity contribution in [2.45, 2.75) is 62.7 Å². The third-order valence-corrected chi connectivity index (χ3v) is 8.22. The predicted octanol–water partition coefficient (Wildman–Crippen LogP) is 2.15. The number of carbonyl (C=O) groups excluding carboxylic acids is 1. The first-order valence-electron chi connectivity index (χ1n) is 11.1. The molecule has 0 saturated carbocycles. The summed E-state index contributed by atoms with van der Waals surface area (Å²) in [4.78, 5) is 13.1. The Bertz CT molecular complexity index is 1300. The summed E-state index contributed by atoms with van der Waals surface area (Å²) in [6, 6.07) is 1.82. The molecule has 174 valence electrons. The van der Waals surface area contributed by atoms with Crippen LogP contribution in [0.15, 0.2) is 6.07 Å². The van der Waals surface area contributed by atoms with Gasteiger partial charge in [0.25, 0.3) is 5.79 Å². The van der Waals surface area contributed by atoms with Crippen LogP contribution < -0.4 is 9.47 Å². The molecule has 3 saturated heterocycles. The van der Waals surface area contributed by atoms with Crippen LogP contribution in [-0.4, -0.2) is 58.1 Å². The number of epoxide rings is 1. The van der Waals surface area contributed by atoms with Crippen LogP contribution in [0.25, 0.3) is 10.8 Å². The van der Waals surface area contributed by atoms with Crippen molar-refractivity contribution in [1.82, 2.24) is 0 Å². The van der Waals surface area contributed by atoms with Gasteiger partial charge in [-0.1, -0.05) is 6.92 Å². The number of aliphatic hydroxyl groups is 2. The molecule has 9 heteroatoms. The summed E-state index contributed by atoms with van der Waals surface area (Å²) >= 11 is 0. The lowest BCUT2D eigenvalue weighted by atomic mass is 9.77. The van der Waals surface area contributed by atoms with Gasteiger partial charge in [0, 0.05) is 22.4 Å². The van der Waals surface area contributed by atoms with Gasteiger partial charge in [0.05, 0.1) is 30.8 Å². The van der Waals surface area contributed by atoms with Crippen LogP contribution in [0.5, 0.6) is 17.2 Å². The van der Waals surface area contributed by atoms with Crippen molar-refractivity contribution >= 4 is 16.6 Å². The van der Waals surface area contributed by atoms with Gasteiger partial charge in [0.1, 0.15) is 23.4 Å². The molecule has 7 atom stereocenters. The average Bonchev–Trinajstić information content (AvgIpc) is 3.46. The molecule has 0 amide bonds. The fourth-order valence-electron chi connectivity index (χ4n) is 6.49. The lowest BCUT2D eigenvalue weighted by Gasteiger charge is -2.46. The number of aromatic hydroxyl groups is 1. The molecule has 3 fully saturated rings. The molecule has 2 aromatic rings. The molecule has 5 aliphatic rings. The number of aryl methyl sites for hydroxylation is 1. The maximum absolute atomic E-state index is 13.1. The molecule has 2 bridgehead atoms. The Morgan fingerprint density at radius 1 is 1.24 bits per heavy atom. The number of fused-ring (bicyclic) bond motifs is 8. The van der Waals surface area contributed by atoms with Gasteiger partial charge in [-0.2, -0.15) is 0 Å². The van der Waals surface area contributed by atoms with E-state index in [4.69, 9.17) is 23.7 Å². The SMILES string of the molecule is COc1c2c(c(O)c3c4c(c(C)cc13)[C@H]1OC3(C)OC1C(O)(O4)C31CO1)C(=O)[C@@H](C)C[C@@H]2O. The van der Waals surface area contributed by atoms with E-state index in [1.54, 1.807) is 13.8 Å². The monoisotopic (exact) mass is 456 g/mol. The number of ether oxygens (including phenoxy) is 5. The molecule has 3 N–H and O–H groups in total. The quantitative estimate of drug-likeness (QED) is 0.553. The number of phenolic OH excluding ortho intramolecular Hbond substituents is 1. The van der Waals surface area contributed by atoms with E-state index < -0.39 is 41.4 Å². The van der Waals surface area contributed by atoms with Crippen LogP contribution in [0.2, 0.25) is 0 Å². The minimum Gasteiger partial charge on any atom is -0.506 e. The van der Waals surface area contributed by atoms with E-state index in [1.807, 2.05) is 13.0 Å². The number of methoxy groups -OCH3 is 1. The summed E-state index contributed by atoms with van der Waals surface area (Å²) in [5, 5.41) is 34.6. The van der Waals surface area contributed by atoms with Gasteiger partial charge in [-0.25, -0.2) is 0 Å². The largest absolute Gasteiger partial charge is 0.506 e. The van der Waals surface area contributed by atoms with E-state index in [2.05, 4.69) is 0 Å². The molecular formula is C24H24O9. The Labute approximate surface area is 188 Å². The van der Waals surface area contributed by atoms with E-state index in [0.29, 0.717) is 16.7 Å². The van der Waals surface area contributed by atoms with Gasteiger partial charge in [0.2, 0.25) is 11.4 Å². The number of hydrogen-bond acceptors (Lipinski definition) is 9. The van der Waals surface area contributed by atoms with E-state index >= 15 is 0 Å². The Morgan fingerprint density at radius 3 is 2.64 bits per heavy atom. The summed E-state index contributed by atoms with van der Waals surface area (Å²) in [5.74, 6) is -3.55. The lowest BCUT2D eigenvalue weighted by molar-refractivity contribution is -0.273. The fraction of sp³-hybridized carbons (Fsp3) is 0.542. The van der Waals surface area contributed by atoms with Gasteiger partial charge < -0.3 is 39.0 Å². The number of hydrogen-bond donors (Lipinski definition) is 3. The van der Waals surface area contributed by atoms with Crippen molar-refractivity contribution in [3.8, 4) is 17.2 Å². The lowest BCUT2D eigenvalue weighted by Crippen LogP contribution is -2.65. The number of aliphatic hydroxyl groups excluding tert-OH is 1. The molecule has 0 radical (unpaired) electrons. The highest BCUT2D eigenvalue weighted by atomic mass is 16.8. The first kappa shape index (κ1) is 20.0. The predicted molar refractivity (Wildman–Crippen MR) is 111 cm³/mol. The van der Waals surface area contributed by atoms with Crippen LogP contribution in [0.1, 0.15) is 59.5 Å². The second-order valence-corrected chi connectivity index (χ2v) is 9.98. The molecule has 33 heavy (non-hydrogen) atoms. The van der Waals surface area contributed by atoms with E-state index in [-0.39, 0.29) is 46.8 Å². The smallest absolute Gasteiger partial charge is 0.274 e. The van der Waals surface area contributed by atoms with Gasteiger partial charge in [-0.15, -0.1) is 0 Å². The molecule has 7 rings (SSSR count). The first-order chi connectivity index (χ1) is 15.6. The van der Waals surface area contributed by atoms with Crippen molar-refractivity contribution in [2.75, 3.05) is 13.7 Å². The molecular weight excluding hydrogens is 432 g/mol. The van der Waals surface area contributed by atoms with E-state index in [0.717, 1.165) is 5.56 Å². The van der Waals surface area contributed by atoms with Crippen molar-refractivity contribution in [1.29, 1.82) is 0 Å². The highest BCUT2D eigenvalue weighted by molar-refractivity contribution is 6.12. The minimum atomic E-state index is -1.83. The summed E-state index contributed by atoms with van der Waals surface area (Å²) in [5.41, 5.74) is 0.525. The third kappa shape index (κ3) is 1.94. The van der Waals surface area contributed by atoms with Crippen LogP contribution in [0, 0.1) is 12.8 Å². The molecule has 1 spiro atoms. The zero-order valence-electron chi connectivity index (χ0n) is 18.6. The van der Waals surface area contributed by atoms with Crippen LogP contribution in [0.4, 0.5) is 0 Å². The van der Waals surface area contributed by atoms with Crippen LogP contribution in [-0.2, 0) is 14.2 Å². The number of carbonyl (C=O) groups is 1. The third-order valence-electron chi connectivity index (χ3n) is 8.22. The highest BCUT2D eigenvalue weighted by Crippen LogP contribution is 2.69. The van der Waals surface area contributed by atoms with Crippen molar-refractivity contribution in [3.63, 3.8) is 0 Å². The molecule has 1 aliphatic carbocycles. The maximum Gasteiger partial charge on any atom is 0.274 e.